The normalized spacial score (nSPS) is 14.6. The summed E-state index contributed by atoms with van der Waals surface area (Å²) in [5.41, 5.74) is 6.21. The van der Waals surface area contributed by atoms with Crippen molar-refractivity contribution in [3.8, 4) is 20.3 Å². The number of piperazine rings is 2. The molecular formula is C37H44N8O4Se2. The number of hydrogen-bond donors (Lipinski definition) is 2. The number of likely N-dealkylation sites (N-methyl/N-ethyl adjacent to an activating group) is 2. The van der Waals surface area contributed by atoms with Gasteiger partial charge < -0.3 is 10.2 Å². The number of carboxylic acids is 1. The first-order chi connectivity index (χ1) is 24.4. The van der Waals surface area contributed by atoms with Gasteiger partial charge in [-0.2, -0.15) is 0 Å². The van der Waals surface area contributed by atoms with Crippen molar-refractivity contribution >= 4 is 58.0 Å². The van der Waals surface area contributed by atoms with Crippen LogP contribution in [-0.4, -0.2) is 139 Å². The number of aryl methyl sites for hydroxylation is 3. The van der Waals surface area contributed by atoms with E-state index in [1.165, 1.54) is 13.1 Å². The van der Waals surface area contributed by atoms with Crippen LogP contribution in [0.25, 0.3) is 30.0 Å². The number of nitrogens with zero attached hydrogens (tertiary/aromatic N) is 7. The van der Waals surface area contributed by atoms with Gasteiger partial charge in [-0.15, -0.1) is 0 Å². The van der Waals surface area contributed by atoms with Gasteiger partial charge in [0.1, 0.15) is 0 Å². The zero-order chi connectivity index (χ0) is 37.1. The molecule has 0 saturated carbocycles. The molecule has 0 atom stereocenters. The van der Waals surface area contributed by atoms with Crippen LogP contribution >= 0.6 is 0 Å². The first-order valence-corrected chi connectivity index (χ1v) is 20.1. The van der Waals surface area contributed by atoms with Gasteiger partial charge in [-0.25, -0.2) is 0 Å². The van der Waals surface area contributed by atoms with Crippen molar-refractivity contribution in [2.24, 2.45) is 0 Å². The number of nitrogens with one attached hydrogen (secondary N) is 1. The SMILES string of the molecule is CN1CCNCC1.[C-]#[N+]c1cc(-c2nc(C)c(C(=O)O)[se]2)ccc1N1CCN(C)CC1.[C-]#[N+]c1cc(-c2nc(C)c(C(=O)OCC)[se]2)ccc1C. The number of ether oxygens (including phenoxy) is 1. The Kier molecular flexibility index (Phi) is 14.7. The summed E-state index contributed by atoms with van der Waals surface area (Å²) in [7, 11) is 4.26. The summed E-state index contributed by atoms with van der Waals surface area (Å²) in [5, 5.41) is 12.5. The quantitative estimate of drug-likeness (QED) is 0.160. The molecule has 2 aromatic carbocycles. The van der Waals surface area contributed by atoms with E-state index in [9.17, 15) is 14.7 Å². The minimum atomic E-state index is -0.897. The van der Waals surface area contributed by atoms with E-state index in [2.05, 4.69) is 53.8 Å². The van der Waals surface area contributed by atoms with Gasteiger partial charge in [-0.3, -0.25) is 0 Å². The fraction of sp³-hybridized carbons (Fsp3) is 0.405. The van der Waals surface area contributed by atoms with Crippen molar-refractivity contribution in [2.45, 2.75) is 27.7 Å². The van der Waals surface area contributed by atoms with Gasteiger partial charge in [-0.05, 0) is 7.05 Å². The summed E-state index contributed by atoms with van der Waals surface area (Å²) in [5.74, 6) is -1.17. The standard InChI is InChI=1S/C17H18N4O2Se.C15H14N2O2Se.C5H12N2/c1-11-15(17(22)23)24-16(19-11)12-4-5-14(13(10-12)18-2)21-8-6-20(3)7-9-21;1-5-19-15(18)13-10(3)17-14(20-13)11-7-6-9(2)12(8-11)16-4;1-7-4-2-6-3-5-7/h4-5,10H,6-9H2,1,3H3,(H,22,23);6-8H,5H2,1-3H3;6H,2-5H2,1H3. The fourth-order valence-electron chi connectivity index (χ4n) is 5.32. The number of carbonyl (C=O) groups excluding carboxylic acids is 1. The predicted octanol–water partition coefficient (Wildman–Crippen LogP) is 4.79. The predicted molar refractivity (Wildman–Crippen MR) is 203 cm³/mol. The Morgan fingerprint density at radius 1 is 0.824 bits per heavy atom. The van der Waals surface area contributed by atoms with Gasteiger partial charge in [0.15, 0.2) is 0 Å². The van der Waals surface area contributed by atoms with Gasteiger partial charge in [0, 0.05) is 26.2 Å². The Morgan fingerprint density at radius 3 is 1.86 bits per heavy atom. The van der Waals surface area contributed by atoms with Crippen LogP contribution in [0.5, 0.6) is 0 Å². The number of carboxylic acid groups (broad SMARTS) is 1. The summed E-state index contributed by atoms with van der Waals surface area (Å²) in [6, 6.07) is 11.5. The van der Waals surface area contributed by atoms with E-state index in [4.69, 9.17) is 17.9 Å². The first kappa shape index (κ1) is 39.7. The molecule has 2 N–H and O–H groups in total. The summed E-state index contributed by atoms with van der Waals surface area (Å²) in [4.78, 5) is 46.0. The molecule has 14 heteroatoms. The van der Waals surface area contributed by atoms with Crippen molar-refractivity contribution < 1.29 is 19.4 Å². The average Bonchev–Trinajstić information content (AvgIpc) is 3.72. The molecule has 0 aliphatic carbocycles. The van der Waals surface area contributed by atoms with Crippen LogP contribution in [0, 0.1) is 33.9 Å². The Labute approximate surface area is 312 Å². The Balaban J connectivity index is 0.000000194. The molecule has 12 nitrogen and oxygen atoms in total. The van der Waals surface area contributed by atoms with Crippen molar-refractivity contribution in [1.29, 1.82) is 0 Å². The van der Waals surface area contributed by atoms with Gasteiger partial charge in [0.25, 0.3) is 0 Å². The molecule has 6 rings (SSSR count). The van der Waals surface area contributed by atoms with E-state index in [0.29, 0.717) is 32.6 Å². The van der Waals surface area contributed by atoms with Crippen molar-refractivity contribution in [1.82, 2.24) is 25.1 Å². The van der Waals surface area contributed by atoms with Crippen LogP contribution in [0.3, 0.4) is 0 Å². The molecule has 2 aliphatic heterocycles. The average molecular weight is 823 g/mol. The molecular weight excluding hydrogens is 778 g/mol. The topological polar surface area (TPSA) is 120 Å². The molecule has 0 bridgehead atoms. The van der Waals surface area contributed by atoms with Crippen LogP contribution in [0.1, 0.15) is 42.3 Å². The summed E-state index contributed by atoms with van der Waals surface area (Å²) in [6.07, 6.45) is 0. The van der Waals surface area contributed by atoms with E-state index >= 15 is 0 Å². The van der Waals surface area contributed by atoms with E-state index in [-0.39, 0.29) is 35.0 Å². The van der Waals surface area contributed by atoms with Gasteiger partial charge in [0.2, 0.25) is 0 Å². The molecule has 2 aliphatic rings. The summed E-state index contributed by atoms with van der Waals surface area (Å²) < 4.78 is 7.76. The number of anilines is 1. The second kappa shape index (κ2) is 18.9. The fourth-order valence-corrected chi connectivity index (χ4v) is 9.22. The molecule has 268 valence electrons. The molecule has 4 aromatic rings. The number of hydrogen-bond acceptors (Lipinski definition) is 9. The Morgan fingerprint density at radius 2 is 1.35 bits per heavy atom. The van der Waals surface area contributed by atoms with Crippen molar-refractivity contribution in [2.75, 3.05) is 78.0 Å². The Hall–Kier alpha value is -4.10. The van der Waals surface area contributed by atoms with E-state index < -0.39 is 5.97 Å². The molecule has 4 heterocycles. The van der Waals surface area contributed by atoms with Crippen LogP contribution in [0.2, 0.25) is 0 Å². The second-order valence-corrected chi connectivity index (χ2v) is 16.4. The third-order valence-corrected chi connectivity index (χ3v) is 13.3. The maximum absolute atomic E-state index is 11.8. The molecule has 2 saturated heterocycles. The summed E-state index contributed by atoms with van der Waals surface area (Å²) >= 11 is -0.477. The number of esters is 1. The van der Waals surface area contributed by atoms with Crippen LogP contribution in [0.15, 0.2) is 36.4 Å². The minimum absolute atomic E-state index is 0.162. The third-order valence-electron chi connectivity index (χ3n) is 8.35. The second-order valence-electron chi connectivity index (χ2n) is 12.2. The molecule has 0 spiro atoms. The van der Waals surface area contributed by atoms with Gasteiger partial charge >= 0.3 is 270 Å². The molecule has 2 aromatic heterocycles. The summed E-state index contributed by atoms with van der Waals surface area (Å²) in [6.45, 7) is 30.8. The number of carbonyl (C=O) groups is 2. The van der Waals surface area contributed by atoms with E-state index in [1.807, 2.05) is 50.2 Å². The van der Waals surface area contributed by atoms with Crippen molar-refractivity contribution in [3.05, 3.63) is 85.1 Å². The van der Waals surface area contributed by atoms with Crippen LogP contribution in [-0.2, 0) is 4.74 Å². The Bertz CT molecular complexity index is 1910. The molecule has 0 unspecified atom stereocenters. The number of benzene rings is 2. The van der Waals surface area contributed by atoms with Crippen LogP contribution < -0.4 is 10.2 Å². The van der Waals surface area contributed by atoms with Gasteiger partial charge in [0.05, 0.1) is 0 Å². The van der Waals surface area contributed by atoms with Crippen LogP contribution in [0.4, 0.5) is 17.1 Å². The van der Waals surface area contributed by atoms with E-state index in [0.717, 1.165) is 76.5 Å². The number of aromatic nitrogens is 2. The monoisotopic (exact) mass is 824 g/mol. The first-order valence-electron chi connectivity index (χ1n) is 16.6. The molecule has 51 heavy (non-hydrogen) atoms. The molecule has 2 fully saturated rings. The molecule has 0 amide bonds. The van der Waals surface area contributed by atoms with Gasteiger partial charge in [-0.1, -0.05) is 0 Å². The van der Waals surface area contributed by atoms with E-state index in [1.54, 1.807) is 13.8 Å². The number of aromatic carboxylic acids is 1. The zero-order valence-corrected chi connectivity index (χ0v) is 33.4. The third kappa shape index (κ3) is 10.7. The maximum atomic E-state index is 11.8. The molecule has 0 radical (unpaired) electrons. The zero-order valence-electron chi connectivity index (χ0n) is 29.9. The number of rotatable bonds is 6. The van der Waals surface area contributed by atoms with Crippen molar-refractivity contribution in [3.63, 3.8) is 0 Å².